The van der Waals surface area contributed by atoms with Gasteiger partial charge in [-0.1, -0.05) is 35.0 Å². The van der Waals surface area contributed by atoms with Crippen LogP contribution in [0.4, 0.5) is 0 Å². The molecule has 1 saturated heterocycles. The summed E-state index contributed by atoms with van der Waals surface area (Å²) >= 11 is 12.6. The summed E-state index contributed by atoms with van der Waals surface area (Å²) in [6, 6.07) is 12.8. The molecule has 0 atom stereocenters. The largest absolute Gasteiger partial charge is 0.395 e. The first kappa shape index (κ1) is 24.3. The summed E-state index contributed by atoms with van der Waals surface area (Å²) in [6.45, 7) is 4.23. The summed E-state index contributed by atoms with van der Waals surface area (Å²) in [5.74, 6) is 6.17. The Hall–Kier alpha value is -2.86. The van der Waals surface area contributed by atoms with Gasteiger partial charge < -0.3 is 9.84 Å². The number of aliphatic hydroxyl groups excluding tert-OH is 1. The summed E-state index contributed by atoms with van der Waals surface area (Å²) in [6.07, 6.45) is 0.420. The van der Waals surface area contributed by atoms with Crippen molar-refractivity contribution >= 4 is 29.1 Å². The minimum atomic E-state index is -0.295. The third kappa shape index (κ3) is 5.44. The van der Waals surface area contributed by atoms with E-state index < -0.39 is 0 Å². The predicted octanol–water partition coefficient (Wildman–Crippen LogP) is 3.87. The second kappa shape index (κ2) is 11.0. The molecule has 4 rings (SSSR count). The molecule has 0 aliphatic carbocycles. The molecule has 2 aromatic carbocycles. The number of rotatable bonds is 5. The molecule has 176 valence electrons. The Morgan fingerprint density at radius 1 is 1.18 bits per heavy atom. The second-order valence-electron chi connectivity index (χ2n) is 7.69. The number of hydrogen-bond donors (Lipinski definition) is 2. The number of nitrogens with one attached hydrogen (secondary N) is 1. The number of carbonyl (C=O) groups is 1. The highest BCUT2D eigenvalue weighted by Gasteiger charge is 2.24. The van der Waals surface area contributed by atoms with Gasteiger partial charge in [0.1, 0.15) is 5.82 Å². The molecule has 1 aliphatic heterocycles. The maximum atomic E-state index is 13.1. The fraction of sp³-hybridized carbons (Fsp3) is 0.280. The average molecular weight is 499 g/mol. The van der Waals surface area contributed by atoms with Crippen molar-refractivity contribution in [3.8, 4) is 28.9 Å². The Balaban J connectivity index is 1.76. The van der Waals surface area contributed by atoms with E-state index in [2.05, 4.69) is 17.3 Å². The van der Waals surface area contributed by atoms with Crippen LogP contribution in [0.1, 0.15) is 28.2 Å². The average Bonchev–Trinajstić information content (AvgIpc) is 3.17. The zero-order valence-electron chi connectivity index (χ0n) is 18.6. The number of hydrazine groups is 1. The molecule has 1 aliphatic rings. The smallest absolute Gasteiger partial charge is 0.286 e. The molecular formula is C25H24Cl2N4O3. The number of imidazole rings is 1. The van der Waals surface area contributed by atoms with Gasteiger partial charge in [-0.2, -0.15) is 0 Å². The standard InChI is InChI=1S/C25H24Cl2N4O3/c1-17-23(25(33)29-30-11-14-34-15-12-30)28-24(21-10-7-19(26)16-22(21)27)31(17)20-8-5-18(6-9-20)4-2-3-13-32/h5-10,16,32H,3,11-15H2,1H3,(H,29,33). The number of nitrogens with zero attached hydrogens (tertiary/aromatic N) is 3. The van der Waals surface area contributed by atoms with Crippen LogP contribution in [-0.4, -0.2) is 58.5 Å². The number of aromatic nitrogens is 2. The van der Waals surface area contributed by atoms with E-state index in [-0.39, 0.29) is 12.5 Å². The van der Waals surface area contributed by atoms with Crippen LogP contribution >= 0.6 is 23.2 Å². The van der Waals surface area contributed by atoms with Crippen molar-refractivity contribution in [3.05, 3.63) is 69.5 Å². The van der Waals surface area contributed by atoms with Gasteiger partial charge in [0.15, 0.2) is 5.69 Å². The van der Waals surface area contributed by atoms with E-state index in [0.717, 1.165) is 11.3 Å². The molecule has 0 unspecified atom stereocenters. The van der Waals surface area contributed by atoms with Crippen LogP contribution in [0.25, 0.3) is 17.1 Å². The van der Waals surface area contributed by atoms with E-state index in [1.807, 2.05) is 40.8 Å². The number of ether oxygens (including phenoxy) is 1. The number of halogens is 2. The van der Waals surface area contributed by atoms with Gasteiger partial charge in [0, 0.05) is 41.3 Å². The molecule has 7 nitrogen and oxygen atoms in total. The Labute approximate surface area is 208 Å². The van der Waals surface area contributed by atoms with Crippen LogP contribution < -0.4 is 5.43 Å². The van der Waals surface area contributed by atoms with Gasteiger partial charge in [-0.05, 0) is 49.4 Å². The Morgan fingerprint density at radius 2 is 1.91 bits per heavy atom. The second-order valence-corrected chi connectivity index (χ2v) is 8.54. The van der Waals surface area contributed by atoms with Crippen LogP contribution in [0.3, 0.4) is 0 Å². The quantitative estimate of drug-likeness (QED) is 0.522. The van der Waals surface area contributed by atoms with Crippen LogP contribution in [-0.2, 0) is 4.74 Å². The molecule has 1 amide bonds. The van der Waals surface area contributed by atoms with Crippen LogP contribution in [0.2, 0.25) is 10.0 Å². The summed E-state index contributed by atoms with van der Waals surface area (Å²) in [7, 11) is 0. The van der Waals surface area contributed by atoms with Gasteiger partial charge in [0.05, 0.1) is 30.5 Å². The summed E-state index contributed by atoms with van der Waals surface area (Å²) in [5.41, 5.74) is 6.20. The molecule has 0 bridgehead atoms. The van der Waals surface area contributed by atoms with E-state index in [1.54, 1.807) is 18.2 Å². The highest BCUT2D eigenvalue weighted by Crippen LogP contribution is 2.33. The van der Waals surface area contributed by atoms with Crippen LogP contribution in [0, 0.1) is 18.8 Å². The fourth-order valence-electron chi connectivity index (χ4n) is 3.67. The molecule has 0 spiro atoms. The number of benzene rings is 2. The van der Waals surface area contributed by atoms with Crippen molar-refractivity contribution in [1.29, 1.82) is 0 Å². The van der Waals surface area contributed by atoms with Crippen molar-refractivity contribution in [3.63, 3.8) is 0 Å². The van der Waals surface area contributed by atoms with Crippen molar-refractivity contribution in [2.45, 2.75) is 13.3 Å². The third-order valence-electron chi connectivity index (χ3n) is 5.36. The fourth-order valence-corrected chi connectivity index (χ4v) is 4.16. The van der Waals surface area contributed by atoms with E-state index >= 15 is 0 Å². The molecule has 0 saturated carbocycles. The summed E-state index contributed by atoms with van der Waals surface area (Å²) in [5, 5.41) is 11.7. The molecule has 2 N–H and O–H groups in total. The van der Waals surface area contributed by atoms with Crippen molar-refractivity contribution in [2.75, 3.05) is 32.9 Å². The SMILES string of the molecule is Cc1c(C(=O)NN2CCOCC2)nc(-c2ccc(Cl)cc2Cl)n1-c1ccc(C#CCCO)cc1. The summed E-state index contributed by atoms with van der Waals surface area (Å²) in [4.78, 5) is 17.8. The lowest BCUT2D eigenvalue weighted by atomic mass is 10.1. The molecule has 9 heteroatoms. The predicted molar refractivity (Wildman–Crippen MR) is 132 cm³/mol. The van der Waals surface area contributed by atoms with Gasteiger partial charge >= 0.3 is 0 Å². The first-order valence-corrected chi connectivity index (χ1v) is 11.6. The molecule has 2 heterocycles. The van der Waals surface area contributed by atoms with Crippen molar-refractivity contribution in [1.82, 2.24) is 20.0 Å². The zero-order valence-corrected chi connectivity index (χ0v) is 20.2. The minimum absolute atomic E-state index is 0.0276. The Kier molecular flexibility index (Phi) is 7.88. The maximum absolute atomic E-state index is 13.1. The molecule has 34 heavy (non-hydrogen) atoms. The normalized spacial score (nSPS) is 13.9. The van der Waals surface area contributed by atoms with Crippen LogP contribution in [0.5, 0.6) is 0 Å². The first-order valence-electron chi connectivity index (χ1n) is 10.9. The van der Waals surface area contributed by atoms with Gasteiger partial charge in [-0.3, -0.25) is 14.8 Å². The monoisotopic (exact) mass is 498 g/mol. The van der Waals surface area contributed by atoms with Crippen molar-refractivity contribution in [2.24, 2.45) is 0 Å². The zero-order chi connectivity index (χ0) is 24.1. The van der Waals surface area contributed by atoms with Gasteiger partial charge in [-0.25, -0.2) is 9.99 Å². The maximum Gasteiger partial charge on any atom is 0.286 e. The van der Waals surface area contributed by atoms with Gasteiger partial charge in [0.2, 0.25) is 0 Å². The van der Waals surface area contributed by atoms with E-state index in [0.29, 0.717) is 65.5 Å². The Morgan fingerprint density at radius 3 is 2.59 bits per heavy atom. The Bertz CT molecular complexity index is 1240. The third-order valence-corrected chi connectivity index (χ3v) is 5.91. The van der Waals surface area contributed by atoms with Gasteiger partial charge in [-0.15, -0.1) is 0 Å². The van der Waals surface area contributed by atoms with E-state index in [1.165, 1.54) is 0 Å². The molecular weight excluding hydrogens is 475 g/mol. The lowest BCUT2D eigenvalue weighted by Gasteiger charge is -2.26. The van der Waals surface area contributed by atoms with Crippen molar-refractivity contribution < 1.29 is 14.6 Å². The minimum Gasteiger partial charge on any atom is -0.395 e. The van der Waals surface area contributed by atoms with Gasteiger partial charge in [0.25, 0.3) is 5.91 Å². The topological polar surface area (TPSA) is 79.6 Å². The highest BCUT2D eigenvalue weighted by atomic mass is 35.5. The first-order chi connectivity index (χ1) is 16.5. The molecule has 3 aromatic rings. The lowest BCUT2D eigenvalue weighted by molar-refractivity contribution is 0.0124. The molecule has 1 fully saturated rings. The summed E-state index contributed by atoms with van der Waals surface area (Å²) < 4.78 is 7.25. The van der Waals surface area contributed by atoms with Crippen LogP contribution in [0.15, 0.2) is 42.5 Å². The lowest BCUT2D eigenvalue weighted by Crippen LogP contribution is -2.48. The molecule has 0 radical (unpaired) electrons. The number of morpholine rings is 1. The number of hydrogen-bond acceptors (Lipinski definition) is 5. The number of amides is 1. The number of aliphatic hydroxyl groups is 1. The van der Waals surface area contributed by atoms with E-state index in [9.17, 15) is 4.79 Å². The highest BCUT2D eigenvalue weighted by molar-refractivity contribution is 6.36. The number of carbonyl (C=O) groups excluding carboxylic acids is 1. The van der Waals surface area contributed by atoms with E-state index in [4.69, 9.17) is 38.0 Å². The molecule has 1 aromatic heterocycles.